The van der Waals surface area contributed by atoms with Crippen LogP contribution >= 0.6 is 0 Å². The highest BCUT2D eigenvalue weighted by molar-refractivity contribution is 7.90. The third-order valence-electron chi connectivity index (χ3n) is 4.86. The zero-order valence-corrected chi connectivity index (χ0v) is 14.9. The molecular weight excluding hydrogens is 328 g/mol. The van der Waals surface area contributed by atoms with Crippen LogP contribution in [0.15, 0.2) is 24.3 Å². The van der Waals surface area contributed by atoms with Gasteiger partial charge in [-0.3, -0.25) is 4.90 Å². The second kappa shape index (κ2) is 7.82. The molecule has 0 saturated carbocycles. The third-order valence-corrected chi connectivity index (χ3v) is 6.58. The van der Waals surface area contributed by atoms with Crippen molar-refractivity contribution in [2.45, 2.75) is 30.6 Å². The Morgan fingerprint density at radius 1 is 1.21 bits per heavy atom. The zero-order chi connectivity index (χ0) is 17.0. The van der Waals surface area contributed by atoms with Crippen molar-refractivity contribution in [2.24, 2.45) is 0 Å². The standard InChI is InChI=1S/C17H26N2O4S/c1-22-15-7-5-14(6-8-15)17(19-9-3-2-4-10-19)11-18-24(20,21)16-12-23-13-16/h5-8,16-18H,2-4,9-13H2,1H3. The number of likely N-dealkylation sites (tertiary alicyclic amines) is 1. The molecule has 24 heavy (non-hydrogen) atoms. The van der Waals surface area contributed by atoms with Crippen LogP contribution in [-0.4, -0.2) is 58.5 Å². The largest absolute Gasteiger partial charge is 0.497 e. The van der Waals surface area contributed by atoms with Crippen molar-refractivity contribution in [1.29, 1.82) is 0 Å². The number of sulfonamides is 1. The SMILES string of the molecule is COc1ccc(C(CNS(=O)(=O)C2COC2)N2CCCCC2)cc1. The molecule has 1 unspecified atom stereocenters. The van der Waals surface area contributed by atoms with Gasteiger partial charge in [-0.05, 0) is 43.6 Å². The molecule has 1 aromatic carbocycles. The van der Waals surface area contributed by atoms with Crippen LogP contribution in [0.3, 0.4) is 0 Å². The predicted molar refractivity (Wildman–Crippen MR) is 92.7 cm³/mol. The molecule has 2 saturated heterocycles. The third kappa shape index (κ3) is 4.08. The molecule has 3 rings (SSSR count). The number of nitrogens with zero attached hydrogens (tertiary/aromatic N) is 1. The summed E-state index contributed by atoms with van der Waals surface area (Å²) in [5.74, 6) is 0.809. The number of methoxy groups -OCH3 is 1. The van der Waals surface area contributed by atoms with Crippen molar-refractivity contribution in [3.8, 4) is 5.75 Å². The van der Waals surface area contributed by atoms with E-state index in [1.165, 1.54) is 6.42 Å². The first-order valence-electron chi connectivity index (χ1n) is 8.54. The van der Waals surface area contributed by atoms with Gasteiger partial charge in [-0.2, -0.15) is 0 Å². The van der Waals surface area contributed by atoms with Crippen LogP contribution in [0.4, 0.5) is 0 Å². The molecule has 2 aliphatic rings. The van der Waals surface area contributed by atoms with Crippen LogP contribution in [0.25, 0.3) is 0 Å². The van der Waals surface area contributed by atoms with E-state index in [9.17, 15) is 8.42 Å². The fraction of sp³-hybridized carbons (Fsp3) is 0.647. The highest BCUT2D eigenvalue weighted by atomic mass is 32.2. The molecule has 0 aromatic heterocycles. The van der Waals surface area contributed by atoms with E-state index in [0.29, 0.717) is 19.8 Å². The second-order valence-electron chi connectivity index (χ2n) is 6.44. The Morgan fingerprint density at radius 2 is 1.88 bits per heavy atom. The number of hydrogen-bond donors (Lipinski definition) is 1. The highest BCUT2D eigenvalue weighted by Crippen LogP contribution is 2.26. The summed E-state index contributed by atoms with van der Waals surface area (Å²) in [6, 6.07) is 7.96. The average molecular weight is 354 g/mol. The van der Waals surface area contributed by atoms with Crippen molar-refractivity contribution in [2.75, 3.05) is 40.0 Å². The molecule has 1 atom stereocenters. The zero-order valence-electron chi connectivity index (χ0n) is 14.1. The maximum absolute atomic E-state index is 12.3. The first-order valence-corrected chi connectivity index (χ1v) is 10.1. The van der Waals surface area contributed by atoms with E-state index in [4.69, 9.17) is 9.47 Å². The maximum atomic E-state index is 12.3. The number of piperidine rings is 1. The minimum absolute atomic E-state index is 0.0481. The Morgan fingerprint density at radius 3 is 2.42 bits per heavy atom. The lowest BCUT2D eigenvalue weighted by Crippen LogP contribution is -2.49. The van der Waals surface area contributed by atoms with Gasteiger partial charge < -0.3 is 9.47 Å². The minimum atomic E-state index is -3.30. The average Bonchev–Trinajstić information content (AvgIpc) is 2.54. The molecule has 2 fully saturated rings. The summed E-state index contributed by atoms with van der Waals surface area (Å²) in [5.41, 5.74) is 1.12. The fourth-order valence-electron chi connectivity index (χ4n) is 3.22. The molecule has 7 heteroatoms. The summed E-state index contributed by atoms with van der Waals surface area (Å²) >= 11 is 0. The van der Waals surface area contributed by atoms with Crippen LogP contribution in [0, 0.1) is 0 Å². The summed E-state index contributed by atoms with van der Waals surface area (Å²) in [5, 5.41) is -0.407. The van der Waals surface area contributed by atoms with E-state index in [0.717, 1.165) is 37.2 Å². The quantitative estimate of drug-likeness (QED) is 0.804. The number of nitrogens with one attached hydrogen (secondary N) is 1. The fourth-order valence-corrected chi connectivity index (χ4v) is 4.40. The Balaban J connectivity index is 1.73. The first kappa shape index (κ1) is 17.7. The van der Waals surface area contributed by atoms with Gasteiger partial charge in [0.15, 0.2) is 0 Å². The van der Waals surface area contributed by atoms with Crippen LogP contribution in [0.2, 0.25) is 0 Å². The molecule has 0 aliphatic carbocycles. The van der Waals surface area contributed by atoms with E-state index in [-0.39, 0.29) is 6.04 Å². The Kier molecular flexibility index (Phi) is 5.76. The smallest absolute Gasteiger partial charge is 0.219 e. The van der Waals surface area contributed by atoms with Gasteiger partial charge in [0.2, 0.25) is 10.0 Å². The van der Waals surface area contributed by atoms with Crippen molar-refractivity contribution in [1.82, 2.24) is 9.62 Å². The molecule has 0 spiro atoms. The normalized spacial score (nSPS) is 21.2. The topological polar surface area (TPSA) is 67.9 Å². The number of rotatable bonds is 7. The summed E-state index contributed by atoms with van der Waals surface area (Å²) in [6.07, 6.45) is 3.57. The lowest BCUT2D eigenvalue weighted by atomic mass is 10.0. The molecular formula is C17H26N2O4S. The van der Waals surface area contributed by atoms with Gasteiger partial charge in [-0.1, -0.05) is 18.6 Å². The van der Waals surface area contributed by atoms with Crippen molar-refractivity contribution in [3.05, 3.63) is 29.8 Å². The van der Waals surface area contributed by atoms with Crippen molar-refractivity contribution < 1.29 is 17.9 Å². The van der Waals surface area contributed by atoms with E-state index >= 15 is 0 Å². The summed E-state index contributed by atoms with van der Waals surface area (Å²) < 4.78 is 37.6. The Bertz CT molecular complexity index is 622. The van der Waals surface area contributed by atoms with Gasteiger partial charge in [0.1, 0.15) is 11.0 Å². The van der Waals surface area contributed by atoms with E-state index in [2.05, 4.69) is 9.62 Å². The summed E-state index contributed by atoms with van der Waals surface area (Å²) in [7, 11) is -1.66. The molecule has 0 radical (unpaired) electrons. The molecule has 0 amide bonds. The first-order chi connectivity index (χ1) is 11.6. The Hall–Kier alpha value is -1.15. The van der Waals surface area contributed by atoms with Crippen LogP contribution in [0.1, 0.15) is 30.9 Å². The van der Waals surface area contributed by atoms with Gasteiger partial charge >= 0.3 is 0 Å². The highest BCUT2D eigenvalue weighted by Gasteiger charge is 2.33. The second-order valence-corrected chi connectivity index (χ2v) is 8.48. The molecule has 2 heterocycles. The number of benzene rings is 1. The van der Waals surface area contributed by atoms with Gasteiger partial charge in [0.05, 0.1) is 20.3 Å². The summed E-state index contributed by atoms with van der Waals surface area (Å²) in [6.45, 7) is 3.00. The molecule has 2 aliphatic heterocycles. The Labute approximate surface area is 144 Å². The van der Waals surface area contributed by atoms with Crippen molar-refractivity contribution in [3.63, 3.8) is 0 Å². The number of ether oxygens (including phenoxy) is 2. The molecule has 0 bridgehead atoms. The predicted octanol–water partition coefficient (Wildman–Crippen LogP) is 1.54. The molecule has 1 N–H and O–H groups in total. The molecule has 134 valence electrons. The van der Waals surface area contributed by atoms with Crippen LogP contribution < -0.4 is 9.46 Å². The van der Waals surface area contributed by atoms with E-state index < -0.39 is 15.3 Å². The van der Waals surface area contributed by atoms with Gasteiger partial charge in [-0.25, -0.2) is 13.1 Å². The van der Waals surface area contributed by atoms with Crippen LogP contribution in [0.5, 0.6) is 5.75 Å². The van der Waals surface area contributed by atoms with E-state index in [1.807, 2.05) is 24.3 Å². The van der Waals surface area contributed by atoms with Gasteiger partial charge in [0.25, 0.3) is 0 Å². The molecule has 1 aromatic rings. The lowest BCUT2D eigenvalue weighted by molar-refractivity contribution is 0.0409. The number of hydrogen-bond acceptors (Lipinski definition) is 5. The van der Waals surface area contributed by atoms with Crippen molar-refractivity contribution >= 4 is 10.0 Å². The minimum Gasteiger partial charge on any atom is -0.497 e. The van der Waals surface area contributed by atoms with Gasteiger partial charge in [-0.15, -0.1) is 0 Å². The van der Waals surface area contributed by atoms with Crippen LogP contribution in [-0.2, 0) is 14.8 Å². The van der Waals surface area contributed by atoms with E-state index in [1.54, 1.807) is 7.11 Å². The molecule has 6 nitrogen and oxygen atoms in total. The van der Waals surface area contributed by atoms with Gasteiger partial charge in [0, 0.05) is 12.6 Å². The monoisotopic (exact) mass is 354 g/mol. The lowest BCUT2D eigenvalue weighted by Gasteiger charge is -2.35. The maximum Gasteiger partial charge on any atom is 0.219 e. The summed E-state index contributed by atoms with van der Waals surface area (Å²) in [4.78, 5) is 2.38.